The Bertz CT molecular complexity index is 1180. The van der Waals surface area contributed by atoms with Crippen LogP contribution < -0.4 is 14.9 Å². The third-order valence-electron chi connectivity index (χ3n) is 4.75. The first kappa shape index (κ1) is 21.6. The Balaban J connectivity index is 2.27. The summed E-state index contributed by atoms with van der Waals surface area (Å²) in [7, 11) is 1.44. The zero-order valence-corrected chi connectivity index (χ0v) is 16.9. The molecule has 0 aliphatic heterocycles. The Morgan fingerprint density at radius 2 is 2.00 bits per heavy atom. The van der Waals surface area contributed by atoms with Crippen LogP contribution in [0.15, 0.2) is 41.3 Å². The maximum Gasteiger partial charge on any atom is 0.511 e. The van der Waals surface area contributed by atoms with E-state index >= 15 is 0 Å². The molecule has 0 saturated carbocycles. The van der Waals surface area contributed by atoms with Crippen molar-refractivity contribution in [2.75, 3.05) is 13.7 Å². The van der Waals surface area contributed by atoms with Gasteiger partial charge in [-0.05, 0) is 30.2 Å². The fraction of sp³-hybridized carbons (Fsp3) is 0.238. The van der Waals surface area contributed by atoms with Crippen LogP contribution in [0.4, 0.5) is 9.18 Å². The molecule has 158 valence electrons. The number of fused-ring (bicyclic) bond motifs is 1. The predicted molar refractivity (Wildman–Crippen MR) is 109 cm³/mol. The van der Waals surface area contributed by atoms with E-state index in [0.717, 1.165) is 0 Å². The summed E-state index contributed by atoms with van der Waals surface area (Å²) in [5.74, 6) is -0.581. The van der Waals surface area contributed by atoms with Crippen LogP contribution in [-0.2, 0) is 6.42 Å². The van der Waals surface area contributed by atoms with E-state index in [4.69, 9.17) is 21.4 Å². The lowest BCUT2D eigenvalue weighted by atomic mass is 10.0. The molecular formula is C21H19ClFNO6. The number of hydrogen-bond acceptors (Lipinski definition) is 5. The molecule has 0 aliphatic carbocycles. The van der Waals surface area contributed by atoms with Gasteiger partial charge in [-0.2, -0.15) is 0 Å². The van der Waals surface area contributed by atoms with E-state index in [9.17, 15) is 19.1 Å². The number of rotatable bonds is 6. The van der Waals surface area contributed by atoms with Crippen LogP contribution in [0, 0.1) is 5.82 Å². The number of benzene rings is 2. The molecular weight excluding hydrogens is 417 g/mol. The molecule has 1 atom stereocenters. The number of carbonyl (C=O) groups is 1. The number of methoxy groups -OCH3 is 1. The zero-order chi connectivity index (χ0) is 22.0. The number of aromatic nitrogens is 1. The highest BCUT2D eigenvalue weighted by Crippen LogP contribution is 2.31. The van der Waals surface area contributed by atoms with Gasteiger partial charge in [0, 0.05) is 12.5 Å². The quantitative estimate of drug-likeness (QED) is 0.568. The molecule has 0 aliphatic rings. The Hall–Kier alpha value is -3.10. The smallest absolute Gasteiger partial charge is 0.496 e. The third-order valence-corrected chi connectivity index (χ3v) is 5.04. The average molecular weight is 436 g/mol. The van der Waals surface area contributed by atoms with Gasteiger partial charge in [-0.3, -0.25) is 4.79 Å². The van der Waals surface area contributed by atoms with Crippen molar-refractivity contribution in [2.24, 2.45) is 0 Å². The van der Waals surface area contributed by atoms with Gasteiger partial charge in [0.1, 0.15) is 11.6 Å². The van der Waals surface area contributed by atoms with Gasteiger partial charge in [0.25, 0.3) is 0 Å². The summed E-state index contributed by atoms with van der Waals surface area (Å²) in [5.41, 5.74) is 0.566. The molecule has 0 amide bonds. The number of pyridine rings is 1. The first-order valence-corrected chi connectivity index (χ1v) is 9.34. The molecule has 0 saturated heterocycles. The second-order valence-electron chi connectivity index (χ2n) is 6.70. The Kier molecular flexibility index (Phi) is 6.28. The molecule has 0 spiro atoms. The maximum absolute atomic E-state index is 14.4. The monoisotopic (exact) mass is 435 g/mol. The van der Waals surface area contributed by atoms with Gasteiger partial charge in [-0.15, -0.1) is 0 Å². The van der Waals surface area contributed by atoms with Crippen molar-refractivity contribution >= 4 is 28.7 Å². The first-order chi connectivity index (χ1) is 14.3. The fourth-order valence-electron chi connectivity index (χ4n) is 3.23. The number of hydrogen-bond donors (Lipinski definition) is 2. The maximum atomic E-state index is 14.4. The van der Waals surface area contributed by atoms with Crippen LogP contribution in [0.1, 0.15) is 24.1 Å². The largest absolute Gasteiger partial charge is 0.511 e. The van der Waals surface area contributed by atoms with Crippen LogP contribution in [-0.4, -0.2) is 34.7 Å². The van der Waals surface area contributed by atoms with Crippen molar-refractivity contribution in [2.45, 2.75) is 19.4 Å². The highest BCUT2D eigenvalue weighted by Gasteiger charge is 2.19. The van der Waals surface area contributed by atoms with Crippen molar-refractivity contribution in [3.05, 3.63) is 68.7 Å². The van der Waals surface area contributed by atoms with E-state index < -0.39 is 29.2 Å². The minimum absolute atomic E-state index is 0.0245. The van der Waals surface area contributed by atoms with Crippen molar-refractivity contribution < 1.29 is 28.9 Å². The van der Waals surface area contributed by atoms with E-state index in [1.807, 2.05) is 0 Å². The molecule has 2 aromatic carbocycles. The predicted octanol–water partition coefficient (Wildman–Crippen LogP) is 4.00. The molecule has 1 aromatic heterocycles. The minimum atomic E-state index is -1.63. The molecule has 7 nitrogen and oxygen atoms in total. The highest BCUT2D eigenvalue weighted by atomic mass is 35.5. The molecule has 1 heterocycles. The van der Waals surface area contributed by atoms with Crippen LogP contribution in [0.2, 0.25) is 5.02 Å². The topological polar surface area (TPSA) is 98.0 Å². The van der Waals surface area contributed by atoms with Gasteiger partial charge in [0.05, 0.1) is 41.9 Å². The molecule has 0 fully saturated rings. The van der Waals surface area contributed by atoms with Crippen molar-refractivity contribution in [3.8, 4) is 11.5 Å². The number of nitrogens with zero attached hydrogens (tertiary/aromatic N) is 1. The van der Waals surface area contributed by atoms with Crippen molar-refractivity contribution in [1.82, 2.24) is 4.57 Å². The van der Waals surface area contributed by atoms with E-state index in [1.54, 1.807) is 25.1 Å². The Morgan fingerprint density at radius 1 is 1.27 bits per heavy atom. The molecule has 0 radical (unpaired) electrons. The molecule has 30 heavy (non-hydrogen) atoms. The SMILES string of the molecule is COc1cc2c(cc1Cc1cccc(Cl)c1F)c(=O)c(OC(=O)O)cn2[C@@H](C)CO. The summed E-state index contributed by atoms with van der Waals surface area (Å²) < 4.78 is 26.0. The fourth-order valence-corrected chi connectivity index (χ4v) is 3.43. The van der Waals surface area contributed by atoms with Crippen molar-refractivity contribution in [3.63, 3.8) is 0 Å². The van der Waals surface area contributed by atoms with Crippen LogP contribution in [0.3, 0.4) is 0 Å². The van der Waals surface area contributed by atoms with Crippen LogP contribution in [0.5, 0.6) is 11.5 Å². The molecule has 9 heteroatoms. The van der Waals surface area contributed by atoms with Crippen LogP contribution in [0.25, 0.3) is 10.9 Å². The number of ether oxygens (including phenoxy) is 2. The van der Waals surface area contributed by atoms with Gasteiger partial charge in [0.15, 0.2) is 5.75 Å². The Morgan fingerprint density at radius 3 is 2.63 bits per heavy atom. The molecule has 3 rings (SSSR count). The first-order valence-electron chi connectivity index (χ1n) is 8.97. The summed E-state index contributed by atoms with van der Waals surface area (Å²) in [6, 6.07) is 7.23. The number of aliphatic hydroxyl groups is 1. The molecule has 3 aromatic rings. The zero-order valence-electron chi connectivity index (χ0n) is 16.2. The van der Waals surface area contributed by atoms with E-state index in [-0.39, 0.29) is 23.4 Å². The minimum Gasteiger partial charge on any atom is -0.496 e. The molecule has 0 unspecified atom stereocenters. The van der Waals surface area contributed by atoms with Crippen LogP contribution >= 0.6 is 11.6 Å². The molecule has 2 N–H and O–H groups in total. The Labute approximate surface area is 175 Å². The number of carboxylic acid groups (broad SMARTS) is 1. The van der Waals surface area contributed by atoms with E-state index in [2.05, 4.69) is 4.74 Å². The summed E-state index contributed by atoms with van der Waals surface area (Å²) in [6.07, 6.45) is -0.315. The highest BCUT2D eigenvalue weighted by molar-refractivity contribution is 6.30. The van der Waals surface area contributed by atoms with E-state index in [1.165, 1.54) is 30.0 Å². The standard InChI is InChI=1S/C21H19ClFNO6/c1-11(10-25)24-9-18(30-21(27)28)20(26)14-7-13(17(29-2)8-16(14)24)6-12-4-3-5-15(22)19(12)23/h3-5,7-9,11,25H,6,10H2,1-2H3,(H,27,28)/t11-/m0/s1. The number of aliphatic hydroxyl groups excluding tert-OH is 1. The van der Waals surface area contributed by atoms with E-state index in [0.29, 0.717) is 22.4 Å². The van der Waals surface area contributed by atoms with Crippen molar-refractivity contribution in [1.29, 1.82) is 0 Å². The van der Waals surface area contributed by atoms with Gasteiger partial charge in [0.2, 0.25) is 5.43 Å². The normalized spacial score (nSPS) is 12.0. The van der Waals surface area contributed by atoms with Gasteiger partial charge in [-0.1, -0.05) is 23.7 Å². The van der Waals surface area contributed by atoms with Gasteiger partial charge < -0.3 is 24.3 Å². The van der Waals surface area contributed by atoms with Gasteiger partial charge in [-0.25, -0.2) is 9.18 Å². The third kappa shape index (κ3) is 4.10. The lowest BCUT2D eigenvalue weighted by Gasteiger charge is -2.20. The summed E-state index contributed by atoms with van der Waals surface area (Å²) in [6.45, 7) is 1.43. The lowest BCUT2D eigenvalue weighted by molar-refractivity contribution is 0.143. The second kappa shape index (κ2) is 8.73. The second-order valence-corrected chi connectivity index (χ2v) is 7.11. The molecule has 0 bridgehead atoms. The number of halogens is 2. The van der Waals surface area contributed by atoms with Gasteiger partial charge >= 0.3 is 6.16 Å². The summed E-state index contributed by atoms with van der Waals surface area (Å²) in [5, 5.41) is 18.6. The lowest BCUT2D eigenvalue weighted by Crippen LogP contribution is -2.19. The summed E-state index contributed by atoms with van der Waals surface area (Å²) >= 11 is 5.86. The summed E-state index contributed by atoms with van der Waals surface area (Å²) in [4.78, 5) is 23.8. The average Bonchev–Trinajstić information content (AvgIpc) is 2.72.